The molecule has 2 aromatic rings. The maximum atomic E-state index is 11.4. The van der Waals surface area contributed by atoms with E-state index in [4.69, 9.17) is 5.73 Å². The van der Waals surface area contributed by atoms with E-state index in [9.17, 15) is 4.79 Å². The lowest BCUT2D eigenvalue weighted by Crippen LogP contribution is -2.13. The average molecular weight is 227 g/mol. The quantitative estimate of drug-likeness (QED) is 0.851. The van der Waals surface area contributed by atoms with Crippen molar-refractivity contribution in [3.8, 4) is 11.1 Å². The number of pyridine rings is 2. The first-order valence-electron chi connectivity index (χ1n) is 5.27. The largest absolute Gasteiger partial charge is 0.366 e. The van der Waals surface area contributed by atoms with Gasteiger partial charge in [0.05, 0.1) is 5.56 Å². The first kappa shape index (κ1) is 11.3. The van der Waals surface area contributed by atoms with Gasteiger partial charge >= 0.3 is 0 Å². The van der Waals surface area contributed by atoms with Gasteiger partial charge in [-0.25, -0.2) is 0 Å². The summed E-state index contributed by atoms with van der Waals surface area (Å²) in [4.78, 5) is 19.5. The first-order chi connectivity index (χ1) is 8.11. The summed E-state index contributed by atoms with van der Waals surface area (Å²) in [5, 5.41) is 0. The highest BCUT2D eigenvalue weighted by molar-refractivity contribution is 5.99. The lowest BCUT2D eigenvalue weighted by atomic mass is 9.97. The van der Waals surface area contributed by atoms with Gasteiger partial charge in [-0.3, -0.25) is 14.8 Å². The molecule has 0 aromatic carbocycles. The van der Waals surface area contributed by atoms with Gasteiger partial charge in [-0.15, -0.1) is 0 Å². The minimum Gasteiger partial charge on any atom is -0.366 e. The number of aromatic nitrogens is 2. The summed E-state index contributed by atoms with van der Waals surface area (Å²) in [5.41, 5.74) is 9.53. The van der Waals surface area contributed by atoms with E-state index in [0.717, 1.165) is 22.4 Å². The fourth-order valence-electron chi connectivity index (χ4n) is 1.76. The Balaban J connectivity index is 2.69. The Morgan fingerprint density at radius 2 is 1.88 bits per heavy atom. The Morgan fingerprint density at radius 3 is 2.59 bits per heavy atom. The van der Waals surface area contributed by atoms with Gasteiger partial charge in [0.15, 0.2) is 0 Å². The second-order valence-corrected chi connectivity index (χ2v) is 3.85. The number of aryl methyl sites for hydroxylation is 1. The van der Waals surface area contributed by atoms with Crippen LogP contribution in [0.5, 0.6) is 0 Å². The number of nitrogens with two attached hydrogens (primary N) is 1. The van der Waals surface area contributed by atoms with Crippen molar-refractivity contribution in [2.45, 2.75) is 13.8 Å². The number of nitrogens with zero attached hydrogens (tertiary/aromatic N) is 2. The molecule has 2 N–H and O–H groups in total. The summed E-state index contributed by atoms with van der Waals surface area (Å²) in [6.07, 6.45) is 4.87. The number of hydrogen-bond donors (Lipinski definition) is 1. The van der Waals surface area contributed by atoms with Crippen molar-refractivity contribution in [2.75, 3.05) is 0 Å². The molecule has 2 heterocycles. The molecule has 17 heavy (non-hydrogen) atoms. The zero-order chi connectivity index (χ0) is 12.4. The van der Waals surface area contributed by atoms with Crippen LogP contribution in [0.3, 0.4) is 0 Å². The zero-order valence-corrected chi connectivity index (χ0v) is 9.77. The van der Waals surface area contributed by atoms with Crippen LogP contribution in [-0.4, -0.2) is 15.9 Å². The summed E-state index contributed by atoms with van der Waals surface area (Å²) in [6, 6.07) is 3.67. The van der Waals surface area contributed by atoms with Crippen molar-refractivity contribution in [1.82, 2.24) is 9.97 Å². The summed E-state index contributed by atoms with van der Waals surface area (Å²) >= 11 is 0. The SMILES string of the molecule is Cc1nccc(-c2ccncc2C(N)=O)c1C. The molecule has 0 radical (unpaired) electrons. The van der Waals surface area contributed by atoms with Gasteiger partial charge in [-0.05, 0) is 42.7 Å². The van der Waals surface area contributed by atoms with Gasteiger partial charge in [-0.2, -0.15) is 0 Å². The number of rotatable bonds is 2. The van der Waals surface area contributed by atoms with Crippen LogP contribution in [0, 0.1) is 13.8 Å². The highest BCUT2D eigenvalue weighted by Gasteiger charge is 2.12. The maximum absolute atomic E-state index is 11.4. The topological polar surface area (TPSA) is 68.9 Å². The molecule has 0 atom stereocenters. The Bertz CT molecular complexity index is 579. The van der Waals surface area contributed by atoms with Gasteiger partial charge in [0.25, 0.3) is 5.91 Å². The molecule has 0 spiro atoms. The molecule has 2 aromatic heterocycles. The van der Waals surface area contributed by atoms with Gasteiger partial charge in [-0.1, -0.05) is 0 Å². The third-order valence-electron chi connectivity index (χ3n) is 2.83. The van der Waals surface area contributed by atoms with Crippen molar-refractivity contribution >= 4 is 5.91 Å². The van der Waals surface area contributed by atoms with E-state index in [1.807, 2.05) is 19.9 Å². The summed E-state index contributed by atoms with van der Waals surface area (Å²) < 4.78 is 0. The zero-order valence-electron chi connectivity index (χ0n) is 9.77. The maximum Gasteiger partial charge on any atom is 0.250 e. The van der Waals surface area contributed by atoms with E-state index >= 15 is 0 Å². The summed E-state index contributed by atoms with van der Waals surface area (Å²) in [5.74, 6) is -0.470. The van der Waals surface area contributed by atoms with Crippen LogP contribution in [0.15, 0.2) is 30.7 Å². The molecular weight excluding hydrogens is 214 g/mol. The van der Waals surface area contributed by atoms with Gasteiger partial charge in [0.2, 0.25) is 0 Å². The summed E-state index contributed by atoms with van der Waals surface area (Å²) in [6.45, 7) is 3.91. The Kier molecular flexibility index (Phi) is 2.87. The highest BCUT2D eigenvalue weighted by Crippen LogP contribution is 2.26. The molecule has 4 heteroatoms. The van der Waals surface area contributed by atoms with Crippen molar-refractivity contribution in [3.05, 3.63) is 47.5 Å². The van der Waals surface area contributed by atoms with Gasteiger partial charge in [0.1, 0.15) is 0 Å². The Hall–Kier alpha value is -2.23. The second kappa shape index (κ2) is 4.33. The monoisotopic (exact) mass is 227 g/mol. The van der Waals surface area contributed by atoms with Gasteiger partial charge in [0, 0.05) is 24.3 Å². The molecule has 0 bridgehead atoms. The molecule has 0 aliphatic rings. The van der Waals surface area contributed by atoms with E-state index < -0.39 is 5.91 Å². The third kappa shape index (κ3) is 2.01. The molecule has 0 saturated carbocycles. The second-order valence-electron chi connectivity index (χ2n) is 3.85. The van der Waals surface area contributed by atoms with Crippen molar-refractivity contribution in [1.29, 1.82) is 0 Å². The average Bonchev–Trinajstić information content (AvgIpc) is 2.33. The lowest BCUT2D eigenvalue weighted by Gasteiger charge is -2.10. The van der Waals surface area contributed by atoms with Crippen LogP contribution >= 0.6 is 0 Å². The van der Waals surface area contributed by atoms with E-state index in [1.165, 1.54) is 6.20 Å². The molecule has 1 amide bonds. The summed E-state index contributed by atoms with van der Waals surface area (Å²) in [7, 11) is 0. The number of amides is 1. The Morgan fingerprint density at radius 1 is 1.18 bits per heavy atom. The minimum absolute atomic E-state index is 0.432. The molecule has 4 nitrogen and oxygen atoms in total. The van der Waals surface area contributed by atoms with Crippen LogP contribution in [0.2, 0.25) is 0 Å². The molecule has 86 valence electrons. The van der Waals surface area contributed by atoms with Crippen LogP contribution in [0.4, 0.5) is 0 Å². The highest BCUT2D eigenvalue weighted by atomic mass is 16.1. The molecule has 0 aliphatic heterocycles. The fraction of sp³-hybridized carbons (Fsp3) is 0.154. The molecule has 2 rings (SSSR count). The minimum atomic E-state index is -0.470. The fourth-order valence-corrected chi connectivity index (χ4v) is 1.76. The van der Waals surface area contributed by atoms with E-state index in [2.05, 4.69) is 9.97 Å². The lowest BCUT2D eigenvalue weighted by molar-refractivity contribution is 0.100. The van der Waals surface area contributed by atoms with Gasteiger partial charge < -0.3 is 5.73 Å². The normalized spacial score (nSPS) is 10.2. The predicted molar refractivity (Wildman–Crippen MR) is 65.5 cm³/mol. The van der Waals surface area contributed by atoms with Crippen LogP contribution < -0.4 is 5.73 Å². The predicted octanol–water partition coefficient (Wildman–Crippen LogP) is 1.86. The molecule has 0 fully saturated rings. The van der Waals surface area contributed by atoms with Crippen molar-refractivity contribution in [2.24, 2.45) is 5.73 Å². The van der Waals surface area contributed by atoms with Crippen LogP contribution in [0.25, 0.3) is 11.1 Å². The number of carbonyl (C=O) groups excluding carboxylic acids is 1. The van der Waals surface area contributed by atoms with Crippen molar-refractivity contribution < 1.29 is 4.79 Å². The van der Waals surface area contributed by atoms with Crippen LogP contribution in [0.1, 0.15) is 21.6 Å². The number of carbonyl (C=O) groups is 1. The number of hydrogen-bond acceptors (Lipinski definition) is 3. The number of primary amides is 1. The van der Waals surface area contributed by atoms with E-state index in [1.54, 1.807) is 18.5 Å². The standard InChI is InChI=1S/C13H13N3O/c1-8-9(2)16-6-4-10(8)11-3-5-15-7-12(11)13(14)17/h3-7H,1-2H3,(H2,14,17). The van der Waals surface area contributed by atoms with Crippen LogP contribution in [-0.2, 0) is 0 Å². The molecular formula is C13H13N3O. The molecule has 0 saturated heterocycles. The first-order valence-corrected chi connectivity index (χ1v) is 5.27. The van der Waals surface area contributed by atoms with E-state index in [-0.39, 0.29) is 0 Å². The van der Waals surface area contributed by atoms with Crippen molar-refractivity contribution in [3.63, 3.8) is 0 Å². The molecule has 0 aliphatic carbocycles. The molecule has 0 unspecified atom stereocenters. The Labute approximate surface area is 99.5 Å². The third-order valence-corrected chi connectivity index (χ3v) is 2.83. The smallest absolute Gasteiger partial charge is 0.250 e. The van der Waals surface area contributed by atoms with E-state index in [0.29, 0.717) is 5.56 Å².